The molecule has 22 heteroatoms. The van der Waals surface area contributed by atoms with Crippen molar-refractivity contribution >= 4 is 104 Å². The van der Waals surface area contributed by atoms with E-state index >= 15 is 0 Å². The van der Waals surface area contributed by atoms with Crippen molar-refractivity contribution in [3.63, 3.8) is 0 Å². The Morgan fingerprint density at radius 3 is 1.80 bits per heavy atom. The summed E-state index contributed by atoms with van der Waals surface area (Å²) in [5.74, 6) is -0.223. The van der Waals surface area contributed by atoms with Gasteiger partial charge in [0, 0.05) is 60.7 Å². The molecule has 8 aromatic rings. The van der Waals surface area contributed by atoms with Crippen molar-refractivity contribution in [1.82, 2.24) is 44.9 Å². The number of halogens is 4. The number of benzene rings is 4. The smallest absolute Gasteiger partial charge is 0.271 e. The number of rotatable bonds is 11. The lowest BCUT2D eigenvalue weighted by molar-refractivity contribution is -0.384. The van der Waals surface area contributed by atoms with E-state index in [1.807, 2.05) is 23.0 Å². The first kappa shape index (κ1) is 49.0. The van der Waals surface area contributed by atoms with Gasteiger partial charge in [0.2, 0.25) is 0 Å². The van der Waals surface area contributed by atoms with E-state index in [1.54, 1.807) is 18.5 Å². The molecule has 0 bridgehead atoms. The van der Waals surface area contributed by atoms with Crippen molar-refractivity contribution in [3.05, 3.63) is 152 Å². The third-order valence-electron chi connectivity index (χ3n) is 10.4. The number of H-pyrrole nitrogens is 1. The molecule has 4 heterocycles. The molecule has 69 heavy (non-hydrogen) atoms. The quantitative estimate of drug-likeness (QED) is 0.0807. The van der Waals surface area contributed by atoms with Crippen LogP contribution in [0.1, 0.15) is 84.5 Å². The summed E-state index contributed by atoms with van der Waals surface area (Å²) in [5.41, 5.74) is 3.61. The fourth-order valence-corrected chi connectivity index (χ4v) is 8.55. The van der Waals surface area contributed by atoms with E-state index in [4.69, 9.17) is 0 Å². The van der Waals surface area contributed by atoms with Crippen LogP contribution in [0.3, 0.4) is 0 Å². The second-order valence-electron chi connectivity index (χ2n) is 18.6. The Hall–Kier alpha value is -6.39. The Balaban J connectivity index is 0.000000173. The van der Waals surface area contributed by atoms with Crippen molar-refractivity contribution < 1.29 is 15.6 Å². The van der Waals surface area contributed by atoms with Gasteiger partial charge in [-0.05, 0) is 113 Å². The molecule has 1 aliphatic carbocycles. The molecule has 1 saturated carbocycles. The van der Waals surface area contributed by atoms with Gasteiger partial charge >= 0.3 is 0 Å². The number of aromatic nitrogens is 9. The number of non-ortho nitro benzene ring substituents is 2. The first-order chi connectivity index (χ1) is 33.0. The summed E-state index contributed by atoms with van der Waals surface area (Å²) >= 11 is 10.1. The number of anilines is 2. The fraction of sp³-hybridized carbons (Fsp3) is 0.319. The Bertz CT molecular complexity index is 3310. The zero-order valence-corrected chi connectivity index (χ0v) is 43.0. The third-order valence-corrected chi connectivity index (χ3v) is 12.2. The second-order valence-corrected chi connectivity index (χ2v) is 21.2. The SMILES string of the molecule is CC(C)(C)CNc1ncnc2c(Br)cc([N+](=O)[O-])cc12.O=c1[nH]cnc2c(Br)cc([N+](=O)[O-])cc12.[2H][C@@](Cc1cc(Br)c2ncnc(NCC(C)(C)C)c2c1)(c1ccc(F)cc1)c1cn(C2CC2)nn1. The first-order valence-corrected chi connectivity index (χ1v) is 23.9. The Labute approximate surface area is 421 Å². The largest absolute Gasteiger partial charge is 0.369 e. The van der Waals surface area contributed by atoms with Gasteiger partial charge in [-0.15, -0.1) is 5.10 Å². The summed E-state index contributed by atoms with van der Waals surface area (Å²) in [6.45, 7) is 14.2. The summed E-state index contributed by atoms with van der Waals surface area (Å²) in [5, 5.41) is 38.6. The van der Waals surface area contributed by atoms with E-state index < -0.39 is 21.3 Å². The van der Waals surface area contributed by atoms with Gasteiger partial charge in [-0.3, -0.25) is 25.0 Å². The number of hydrogen-bond acceptors (Lipinski definition) is 14. The highest BCUT2D eigenvalue weighted by molar-refractivity contribution is 9.11. The number of hydrogen-bond donors (Lipinski definition) is 3. The van der Waals surface area contributed by atoms with Crippen molar-refractivity contribution in [2.45, 2.75) is 72.7 Å². The lowest BCUT2D eigenvalue weighted by Gasteiger charge is -2.20. The summed E-state index contributed by atoms with van der Waals surface area (Å²) < 4.78 is 27.0. The molecule has 0 saturated heterocycles. The maximum atomic E-state index is 13.7. The van der Waals surface area contributed by atoms with Crippen LogP contribution in [-0.2, 0) is 6.42 Å². The van der Waals surface area contributed by atoms with Crippen molar-refractivity contribution in [2.75, 3.05) is 23.7 Å². The van der Waals surface area contributed by atoms with Gasteiger partial charge < -0.3 is 15.6 Å². The molecule has 0 spiro atoms. The zero-order valence-electron chi connectivity index (χ0n) is 39.2. The van der Waals surface area contributed by atoms with E-state index in [1.165, 1.54) is 49.1 Å². The van der Waals surface area contributed by atoms with Gasteiger partial charge in [0.15, 0.2) is 0 Å². The summed E-state index contributed by atoms with van der Waals surface area (Å²) in [6, 6.07) is 15.9. The predicted octanol–water partition coefficient (Wildman–Crippen LogP) is 11.6. The van der Waals surface area contributed by atoms with Crippen molar-refractivity contribution in [1.29, 1.82) is 0 Å². The maximum Gasteiger partial charge on any atom is 0.271 e. The highest BCUT2D eigenvalue weighted by Gasteiger charge is 2.27. The molecule has 18 nitrogen and oxygen atoms in total. The second kappa shape index (κ2) is 21.1. The minimum absolute atomic E-state index is 0.0120. The minimum atomic E-state index is -1.25. The molecule has 4 aromatic carbocycles. The molecule has 0 unspecified atom stereocenters. The number of nitrogens with zero attached hydrogens (tertiary/aromatic N) is 10. The van der Waals surface area contributed by atoms with Gasteiger partial charge in [0.25, 0.3) is 16.9 Å². The van der Waals surface area contributed by atoms with Gasteiger partial charge in [-0.2, -0.15) is 0 Å². The molecule has 0 amide bonds. The predicted molar refractivity (Wildman–Crippen MR) is 274 cm³/mol. The van der Waals surface area contributed by atoms with Crippen molar-refractivity contribution in [2.24, 2.45) is 10.8 Å². The summed E-state index contributed by atoms with van der Waals surface area (Å²) in [6.07, 6.45) is 8.60. The molecule has 0 radical (unpaired) electrons. The number of nitro benzene ring substituents is 2. The molecule has 358 valence electrons. The Morgan fingerprint density at radius 2 is 1.28 bits per heavy atom. The molecule has 4 aromatic heterocycles. The summed E-state index contributed by atoms with van der Waals surface area (Å²) in [7, 11) is 0. The Kier molecular flexibility index (Phi) is 15.0. The average Bonchev–Trinajstić information content (AvgIpc) is 4.02. The normalized spacial score (nSPS) is 13.7. The van der Waals surface area contributed by atoms with Crippen LogP contribution in [0.2, 0.25) is 0 Å². The average molecular weight is 1130 g/mol. The molecule has 3 N–H and O–H groups in total. The fourth-order valence-electron chi connectivity index (χ4n) is 6.83. The third kappa shape index (κ3) is 13.0. The Morgan fingerprint density at radius 1 is 0.768 bits per heavy atom. The van der Waals surface area contributed by atoms with E-state index in [9.17, 15) is 30.8 Å². The van der Waals surface area contributed by atoms with Crippen molar-refractivity contribution in [3.8, 4) is 0 Å². The molecule has 1 atom stereocenters. The molecule has 1 fully saturated rings. The van der Waals surface area contributed by atoms with Crippen LogP contribution < -0.4 is 16.2 Å². The maximum absolute atomic E-state index is 13.7. The molecule has 0 aliphatic heterocycles. The van der Waals surface area contributed by atoms with E-state index in [0.29, 0.717) is 61.4 Å². The van der Waals surface area contributed by atoms with Crippen LogP contribution >= 0.6 is 47.8 Å². The van der Waals surface area contributed by atoms with Crippen LogP contribution in [-0.4, -0.2) is 67.8 Å². The van der Waals surface area contributed by atoms with Gasteiger partial charge in [-0.1, -0.05) is 58.9 Å². The van der Waals surface area contributed by atoms with Gasteiger partial charge in [0.05, 0.1) is 64.2 Å². The molecule has 1 aliphatic rings. The number of fused-ring (bicyclic) bond motifs is 3. The monoisotopic (exact) mass is 1130 g/mol. The zero-order chi connectivity index (χ0) is 50.7. The van der Waals surface area contributed by atoms with Crippen LogP contribution in [0.25, 0.3) is 32.7 Å². The van der Waals surface area contributed by atoms with Gasteiger partial charge in [0.1, 0.15) is 30.1 Å². The van der Waals surface area contributed by atoms with Crippen LogP contribution in [0, 0.1) is 36.9 Å². The highest BCUT2D eigenvalue weighted by atomic mass is 79.9. The van der Waals surface area contributed by atoms with E-state index in [-0.39, 0.29) is 33.4 Å². The van der Waals surface area contributed by atoms with Crippen LogP contribution in [0.15, 0.2) is 104 Å². The first-order valence-electron chi connectivity index (χ1n) is 22.0. The van der Waals surface area contributed by atoms with E-state index in [0.717, 1.165) is 46.1 Å². The van der Waals surface area contributed by atoms with Crippen LogP contribution in [0.5, 0.6) is 0 Å². The van der Waals surface area contributed by atoms with E-state index in [2.05, 4.69) is 140 Å². The summed E-state index contributed by atoms with van der Waals surface area (Å²) in [4.78, 5) is 55.5. The minimum Gasteiger partial charge on any atom is -0.369 e. The number of aromatic amines is 1. The molecule has 9 rings (SSSR count). The number of nitrogens with one attached hydrogen (secondary N) is 3. The number of nitro groups is 2. The molecular weight excluding hydrogens is 1090 g/mol. The topological polar surface area (TPSA) is 238 Å². The highest BCUT2D eigenvalue weighted by Crippen LogP contribution is 2.37. The van der Waals surface area contributed by atoms with Crippen LogP contribution in [0.4, 0.5) is 27.4 Å². The van der Waals surface area contributed by atoms with Gasteiger partial charge in [-0.25, -0.2) is 34.0 Å². The lowest BCUT2D eigenvalue weighted by Crippen LogP contribution is -2.19. The lowest BCUT2D eigenvalue weighted by atomic mass is 9.89. The molecular formula is C47H47Br3FN13O5. The standard InChI is InChI=1S/C26H28BrFN6.C13H15BrN4O2.C8H4BrN3O3/c1-26(2,3)14-29-25-21-11-16(12-22(27)24(21)30-15-31-25)10-20(17-4-6-18(28)7-5-17)23-13-34(33-32-23)19-8-9-19;1-13(2,3)6-15-12-9-4-8(18(19)20)5-10(14)11(9)16-7-17-12;9-6-2-4(12(14)15)1-5-7(6)10-3-11-8(5)13/h4-7,11-13,15,19-20H,8-10,14H2,1-3H3,(H,29,30,31);4-5,7H,6H2,1-3H3,(H,15,16,17);1-3H,(H,10,11,13)/t20-;;/m1../s1/i20D;;.